The summed E-state index contributed by atoms with van der Waals surface area (Å²) in [7, 11) is 0. The Labute approximate surface area is 74.3 Å². The standard InChI is InChI=1S/2C4H9.Mo.3O/c2*1-4(2)3;;;;/h2*1-3H3;;;;. The molecule has 0 heterocycles. The van der Waals surface area contributed by atoms with Gasteiger partial charge >= 0.3 is 74.0 Å². The zero-order chi connectivity index (χ0) is 10.4. The molecule has 0 rings (SSSR count). The van der Waals surface area contributed by atoms with Crippen LogP contribution in [0.15, 0.2) is 0 Å². The summed E-state index contributed by atoms with van der Waals surface area (Å²) in [6.45, 7) is 8.85. The van der Waals surface area contributed by atoms with E-state index in [4.69, 9.17) is 0 Å². The van der Waals surface area contributed by atoms with Gasteiger partial charge in [-0.2, -0.15) is 0 Å². The summed E-state index contributed by atoms with van der Waals surface area (Å²) < 4.78 is 33.1. The van der Waals surface area contributed by atoms with Crippen LogP contribution < -0.4 is 0 Å². The summed E-state index contributed by atoms with van der Waals surface area (Å²) in [6.07, 6.45) is 0. The molecule has 0 aliphatic rings. The second-order valence-corrected chi connectivity index (χ2v) is 15.0. The summed E-state index contributed by atoms with van der Waals surface area (Å²) in [5, 5.41) is 0. The molecule has 0 fully saturated rings. The van der Waals surface area contributed by atoms with Gasteiger partial charge in [-0.05, 0) is 0 Å². The maximum atomic E-state index is 11.8. The maximum absolute atomic E-state index is 11.8. The van der Waals surface area contributed by atoms with Crippen LogP contribution in [0.4, 0.5) is 0 Å². The Morgan fingerprint density at radius 2 is 0.833 bits per heavy atom. The molecule has 0 atom stereocenters. The first kappa shape index (κ1) is 12.1. The molecule has 0 aliphatic carbocycles. The molecule has 0 unspecified atom stereocenters. The third kappa shape index (κ3) is 1.44. The fourth-order valence-corrected chi connectivity index (χ4v) is 5.43. The molecule has 0 spiro atoms. The summed E-state index contributed by atoms with van der Waals surface area (Å²) in [5.74, 6) is 0. The molecular weight excluding hydrogens is 240 g/mol. The van der Waals surface area contributed by atoms with Crippen molar-refractivity contribution < 1.29 is 24.9 Å². The van der Waals surface area contributed by atoms with Gasteiger partial charge in [0.15, 0.2) is 0 Å². The van der Waals surface area contributed by atoms with Gasteiger partial charge in [0.05, 0.1) is 0 Å². The van der Waals surface area contributed by atoms with Crippen LogP contribution in [0.25, 0.3) is 0 Å². The second kappa shape index (κ2) is 2.31. The van der Waals surface area contributed by atoms with Crippen molar-refractivity contribution in [3.63, 3.8) is 0 Å². The molecule has 0 radical (unpaired) electrons. The van der Waals surface area contributed by atoms with Crippen LogP contribution in [0.1, 0.15) is 41.5 Å². The van der Waals surface area contributed by atoms with Crippen molar-refractivity contribution in [2.75, 3.05) is 0 Å². The van der Waals surface area contributed by atoms with Crippen LogP contribution in [0.2, 0.25) is 7.61 Å². The van der Waals surface area contributed by atoms with E-state index >= 15 is 0 Å². The van der Waals surface area contributed by atoms with E-state index in [9.17, 15) is 10.2 Å². The first-order valence-electron chi connectivity index (χ1n) is 3.91. The summed E-state index contributed by atoms with van der Waals surface area (Å²) in [6, 6.07) is 0. The molecule has 0 saturated heterocycles. The van der Waals surface area contributed by atoms with E-state index < -0.39 is 22.3 Å². The Morgan fingerprint density at radius 1 is 0.667 bits per heavy atom. The van der Waals surface area contributed by atoms with E-state index in [0.717, 1.165) is 0 Å². The normalized spacial score (nSPS) is 16.2. The molecule has 0 aromatic heterocycles. The first-order valence-corrected chi connectivity index (χ1v) is 8.37. The number of rotatable bonds is 0. The van der Waals surface area contributed by atoms with E-state index in [-0.39, 0.29) is 0 Å². The molecule has 4 heteroatoms. The van der Waals surface area contributed by atoms with Crippen molar-refractivity contribution in [3.05, 3.63) is 0 Å². The predicted octanol–water partition coefficient (Wildman–Crippen LogP) is 3.15. The minimum atomic E-state index is -6.06. The van der Waals surface area contributed by atoms with E-state index in [2.05, 4.69) is 0 Å². The van der Waals surface area contributed by atoms with Gasteiger partial charge in [-0.1, -0.05) is 0 Å². The molecular formula is C8H18MoO3. The van der Waals surface area contributed by atoms with Crippen molar-refractivity contribution in [2.24, 2.45) is 0 Å². The van der Waals surface area contributed by atoms with Crippen LogP contribution in [0, 0.1) is 0 Å². The monoisotopic (exact) mass is 260 g/mol. The van der Waals surface area contributed by atoms with Crippen LogP contribution in [-0.2, 0) is 24.9 Å². The quantitative estimate of drug-likeness (QED) is 0.627. The van der Waals surface area contributed by atoms with E-state index in [1.54, 1.807) is 0 Å². The molecule has 12 heavy (non-hydrogen) atoms. The van der Waals surface area contributed by atoms with Crippen molar-refractivity contribution in [3.8, 4) is 0 Å². The average Bonchev–Trinajstić information content (AvgIpc) is 1.55. The predicted molar refractivity (Wildman–Crippen MR) is 41.5 cm³/mol. The van der Waals surface area contributed by atoms with Crippen LogP contribution >= 0.6 is 0 Å². The molecule has 0 amide bonds. The van der Waals surface area contributed by atoms with Crippen molar-refractivity contribution in [1.29, 1.82) is 0 Å². The van der Waals surface area contributed by atoms with Gasteiger partial charge in [0.2, 0.25) is 0 Å². The Morgan fingerprint density at radius 3 is 0.833 bits per heavy atom. The van der Waals surface area contributed by atoms with Gasteiger partial charge in [-0.3, -0.25) is 0 Å². The SMILES string of the molecule is C[C](C)(C)[Mo](=[O])(=[O])(=[O])[C](C)(C)C. The summed E-state index contributed by atoms with van der Waals surface area (Å²) >= 11 is -6.06. The number of hydrogen-bond acceptors (Lipinski definition) is 3. The van der Waals surface area contributed by atoms with Crippen LogP contribution in [0.3, 0.4) is 0 Å². The third-order valence-corrected chi connectivity index (χ3v) is 12.5. The molecule has 74 valence electrons. The van der Waals surface area contributed by atoms with Crippen LogP contribution in [-0.4, -0.2) is 0 Å². The van der Waals surface area contributed by atoms with Crippen LogP contribution in [0.5, 0.6) is 0 Å². The molecule has 3 nitrogen and oxygen atoms in total. The van der Waals surface area contributed by atoms with E-state index in [0.29, 0.717) is 0 Å². The van der Waals surface area contributed by atoms with Gasteiger partial charge in [0.25, 0.3) is 0 Å². The van der Waals surface area contributed by atoms with E-state index in [1.807, 2.05) is 0 Å². The van der Waals surface area contributed by atoms with E-state index in [1.165, 1.54) is 41.5 Å². The van der Waals surface area contributed by atoms with Crippen molar-refractivity contribution >= 4 is 0 Å². The van der Waals surface area contributed by atoms with Gasteiger partial charge in [0, 0.05) is 0 Å². The second-order valence-electron chi connectivity index (χ2n) is 5.03. The summed E-state index contributed by atoms with van der Waals surface area (Å²) in [5.41, 5.74) is 0. The molecule has 0 aromatic carbocycles. The van der Waals surface area contributed by atoms with Crippen molar-refractivity contribution in [1.82, 2.24) is 0 Å². The van der Waals surface area contributed by atoms with Gasteiger partial charge in [0.1, 0.15) is 0 Å². The zero-order valence-corrected chi connectivity index (χ0v) is 10.6. The topological polar surface area (TPSA) is 51.2 Å². The fourth-order valence-electron chi connectivity index (χ4n) is 0.919. The molecule has 0 aromatic rings. The Balaban J connectivity index is 5.87. The van der Waals surface area contributed by atoms with Gasteiger partial charge in [-0.15, -0.1) is 0 Å². The van der Waals surface area contributed by atoms with Gasteiger partial charge in [-0.25, -0.2) is 0 Å². The number of hydrogen-bond donors (Lipinski definition) is 0. The summed E-state index contributed by atoms with van der Waals surface area (Å²) in [4.78, 5) is 0. The fraction of sp³-hybridized carbons (Fsp3) is 1.00. The minimum absolute atomic E-state index is 1.16. The Bertz CT molecular complexity index is 318. The molecule has 0 aliphatic heterocycles. The van der Waals surface area contributed by atoms with Crippen molar-refractivity contribution in [2.45, 2.75) is 49.2 Å². The molecule has 0 N–H and O–H groups in total. The first-order chi connectivity index (χ1) is 4.79. The third-order valence-electron chi connectivity index (χ3n) is 2.11. The zero-order valence-electron chi connectivity index (χ0n) is 8.63. The Kier molecular flexibility index (Phi) is 2.33. The Hall–Kier alpha value is 0.0883. The average molecular weight is 258 g/mol. The molecule has 0 saturated carbocycles. The molecule has 0 bridgehead atoms. The van der Waals surface area contributed by atoms with Gasteiger partial charge < -0.3 is 0 Å².